The van der Waals surface area contributed by atoms with Gasteiger partial charge in [-0.15, -0.1) is 11.3 Å². The van der Waals surface area contributed by atoms with Crippen LogP contribution in [0, 0.1) is 6.92 Å². The van der Waals surface area contributed by atoms with Crippen molar-refractivity contribution in [3.8, 4) is 0 Å². The number of rotatable bonds is 3. The van der Waals surface area contributed by atoms with Crippen LogP contribution in [0.15, 0.2) is 48.3 Å². The fourth-order valence-corrected chi connectivity index (χ4v) is 3.62. The largest absolute Gasteiger partial charge is 0.399 e. The lowest BCUT2D eigenvalue weighted by molar-refractivity contribution is 0.590. The molecule has 1 aliphatic carbocycles. The molecule has 2 aromatic rings. The van der Waals surface area contributed by atoms with Crippen molar-refractivity contribution in [1.29, 1.82) is 0 Å². The van der Waals surface area contributed by atoms with Crippen LogP contribution in [0.3, 0.4) is 0 Å². The molecule has 1 nitrogen and oxygen atoms in total. The van der Waals surface area contributed by atoms with E-state index in [4.69, 9.17) is 5.73 Å². The normalized spacial score (nSPS) is 14.8. The number of aryl methyl sites for hydroxylation is 1. The van der Waals surface area contributed by atoms with Gasteiger partial charge in [0.25, 0.3) is 0 Å². The number of benzene rings is 1. The first-order chi connectivity index (χ1) is 10.1. The Balaban J connectivity index is 1.81. The molecule has 3 rings (SSSR count). The van der Waals surface area contributed by atoms with Gasteiger partial charge in [-0.2, -0.15) is 0 Å². The minimum absolute atomic E-state index is 0.0223. The van der Waals surface area contributed by atoms with Crippen molar-refractivity contribution in [2.24, 2.45) is 0 Å². The topological polar surface area (TPSA) is 26.0 Å². The van der Waals surface area contributed by atoms with Gasteiger partial charge in [0.1, 0.15) is 5.83 Å². The smallest absolute Gasteiger partial charge is 0.100 e. The lowest BCUT2D eigenvalue weighted by atomic mass is 10.0. The minimum Gasteiger partial charge on any atom is -0.399 e. The van der Waals surface area contributed by atoms with Crippen molar-refractivity contribution >= 4 is 22.6 Å². The lowest BCUT2D eigenvalue weighted by Gasteiger charge is -2.08. The summed E-state index contributed by atoms with van der Waals surface area (Å²) in [4.78, 5) is 2.56. The van der Waals surface area contributed by atoms with Crippen molar-refractivity contribution in [2.75, 3.05) is 5.73 Å². The molecule has 0 unspecified atom stereocenters. The average molecular weight is 299 g/mol. The first-order valence-electron chi connectivity index (χ1n) is 7.11. The molecule has 0 spiro atoms. The molecule has 0 bridgehead atoms. The molecule has 1 heterocycles. The van der Waals surface area contributed by atoms with E-state index in [1.54, 1.807) is 17.4 Å². The summed E-state index contributed by atoms with van der Waals surface area (Å²) in [7, 11) is 0. The minimum atomic E-state index is -0.0223. The summed E-state index contributed by atoms with van der Waals surface area (Å²) in [6.07, 6.45) is 5.70. The summed E-state index contributed by atoms with van der Waals surface area (Å²) in [5, 5.41) is 0. The molecule has 3 heteroatoms. The van der Waals surface area contributed by atoms with E-state index in [0.717, 1.165) is 18.5 Å². The Hall–Kier alpha value is -1.87. The molecular formula is C18H18FNS. The molecule has 1 aliphatic rings. The predicted molar refractivity (Wildman–Crippen MR) is 89.1 cm³/mol. The third kappa shape index (κ3) is 3.24. The van der Waals surface area contributed by atoms with E-state index in [0.29, 0.717) is 6.42 Å². The van der Waals surface area contributed by atoms with Crippen molar-refractivity contribution in [3.63, 3.8) is 0 Å². The molecular weight excluding hydrogens is 281 g/mol. The van der Waals surface area contributed by atoms with E-state index >= 15 is 0 Å². The molecule has 1 aromatic heterocycles. The second-order valence-corrected chi connectivity index (χ2v) is 6.60. The van der Waals surface area contributed by atoms with Gasteiger partial charge in [-0.05, 0) is 60.4 Å². The van der Waals surface area contributed by atoms with Gasteiger partial charge in [-0.1, -0.05) is 12.1 Å². The first kappa shape index (κ1) is 14.1. The molecule has 108 valence electrons. The Bertz CT molecular complexity index is 725. The molecule has 0 aliphatic heterocycles. The van der Waals surface area contributed by atoms with E-state index in [2.05, 4.69) is 25.1 Å². The second-order valence-electron chi connectivity index (χ2n) is 5.43. The molecule has 21 heavy (non-hydrogen) atoms. The van der Waals surface area contributed by atoms with Gasteiger partial charge in [0, 0.05) is 28.3 Å². The van der Waals surface area contributed by atoms with Crippen molar-refractivity contribution < 1.29 is 4.39 Å². The highest BCUT2D eigenvalue weighted by Gasteiger charge is 2.11. The summed E-state index contributed by atoms with van der Waals surface area (Å²) < 4.78 is 13.1. The van der Waals surface area contributed by atoms with Gasteiger partial charge in [0.2, 0.25) is 0 Å². The van der Waals surface area contributed by atoms with Crippen molar-refractivity contribution in [1.82, 2.24) is 0 Å². The molecule has 1 aromatic carbocycles. The fourth-order valence-electron chi connectivity index (χ4n) is 2.53. The zero-order valence-corrected chi connectivity index (χ0v) is 12.8. The third-order valence-corrected chi connectivity index (χ3v) is 4.98. The van der Waals surface area contributed by atoms with E-state index in [-0.39, 0.29) is 5.83 Å². The van der Waals surface area contributed by atoms with E-state index < -0.39 is 0 Å². The maximum Gasteiger partial charge on any atom is 0.100 e. The monoisotopic (exact) mass is 299 g/mol. The number of hydrogen-bond donors (Lipinski definition) is 1. The number of anilines is 1. The molecule has 0 atom stereocenters. The van der Waals surface area contributed by atoms with Crippen molar-refractivity contribution in [2.45, 2.75) is 26.2 Å². The summed E-state index contributed by atoms with van der Waals surface area (Å²) in [6, 6.07) is 10.4. The van der Waals surface area contributed by atoms with Gasteiger partial charge in [-0.25, -0.2) is 4.39 Å². The summed E-state index contributed by atoms with van der Waals surface area (Å²) in [5.41, 5.74) is 10.4. The molecule has 0 saturated carbocycles. The summed E-state index contributed by atoms with van der Waals surface area (Å²) in [6.45, 7) is 2.11. The highest BCUT2D eigenvalue weighted by molar-refractivity contribution is 7.13. The summed E-state index contributed by atoms with van der Waals surface area (Å²) in [5.74, 6) is -0.0223. The van der Waals surface area contributed by atoms with Gasteiger partial charge in [0.15, 0.2) is 0 Å². The number of nitrogens with two attached hydrogens (primary N) is 1. The maximum absolute atomic E-state index is 13.1. The van der Waals surface area contributed by atoms with Crippen LogP contribution in [0.4, 0.5) is 10.1 Å². The quantitative estimate of drug-likeness (QED) is 0.769. The predicted octanol–water partition coefficient (Wildman–Crippen LogP) is 5.26. The Morgan fingerprint density at radius 3 is 2.76 bits per heavy atom. The Morgan fingerprint density at radius 2 is 2.00 bits per heavy atom. The fraction of sp³-hybridized carbons (Fsp3) is 0.222. The zero-order valence-electron chi connectivity index (χ0n) is 12.0. The van der Waals surface area contributed by atoms with Crippen LogP contribution in [0.25, 0.3) is 5.57 Å². The van der Waals surface area contributed by atoms with Crippen LogP contribution >= 0.6 is 11.3 Å². The highest BCUT2D eigenvalue weighted by Crippen LogP contribution is 2.33. The van der Waals surface area contributed by atoms with Crippen LogP contribution in [-0.4, -0.2) is 0 Å². The number of thiophene rings is 1. The molecule has 0 radical (unpaired) electrons. The van der Waals surface area contributed by atoms with Crippen LogP contribution in [-0.2, 0) is 6.42 Å². The van der Waals surface area contributed by atoms with Crippen LogP contribution in [0.1, 0.15) is 33.7 Å². The molecule has 2 N–H and O–H groups in total. The van der Waals surface area contributed by atoms with E-state index in [1.807, 2.05) is 18.2 Å². The Kier molecular flexibility index (Phi) is 3.93. The lowest BCUT2D eigenvalue weighted by Crippen LogP contribution is -1.93. The maximum atomic E-state index is 13.1. The van der Waals surface area contributed by atoms with Gasteiger partial charge >= 0.3 is 0 Å². The Labute approximate surface area is 128 Å². The third-order valence-electron chi connectivity index (χ3n) is 3.81. The van der Waals surface area contributed by atoms with E-state index in [9.17, 15) is 4.39 Å². The number of nitrogen functional groups attached to an aromatic ring is 1. The van der Waals surface area contributed by atoms with Crippen LogP contribution < -0.4 is 5.73 Å². The number of allylic oxidation sites excluding steroid dienone is 4. The molecule has 0 amide bonds. The molecule has 0 fully saturated rings. The van der Waals surface area contributed by atoms with Crippen molar-refractivity contribution in [3.05, 3.63) is 69.2 Å². The second kappa shape index (κ2) is 5.86. The van der Waals surface area contributed by atoms with Crippen LogP contribution in [0.5, 0.6) is 0 Å². The van der Waals surface area contributed by atoms with Gasteiger partial charge in [0.05, 0.1) is 0 Å². The first-order valence-corrected chi connectivity index (χ1v) is 7.93. The zero-order chi connectivity index (χ0) is 14.8. The Morgan fingerprint density at radius 1 is 1.14 bits per heavy atom. The van der Waals surface area contributed by atoms with Crippen LogP contribution in [0.2, 0.25) is 0 Å². The average Bonchev–Trinajstić information content (AvgIpc) is 2.92. The molecule has 0 saturated heterocycles. The van der Waals surface area contributed by atoms with Gasteiger partial charge < -0.3 is 5.73 Å². The van der Waals surface area contributed by atoms with Gasteiger partial charge in [-0.3, -0.25) is 0 Å². The summed E-state index contributed by atoms with van der Waals surface area (Å²) >= 11 is 1.79. The van der Waals surface area contributed by atoms with E-state index in [1.165, 1.54) is 26.5 Å². The standard InChI is InChI=1S/C18H18FNS/c1-12-2-7-16(20)10-14(12)11-17-8-9-18(21-17)13-3-5-15(19)6-4-13/h2-3,5,7-10H,4,6,11,20H2,1H3. The highest BCUT2D eigenvalue weighted by atomic mass is 32.1. The number of hydrogen-bond acceptors (Lipinski definition) is 2. The number of halogens is 1. The SMILES string of the molecule is Cc1ccc(N)cc1Cc1ccc(C2=CC=C(F)CC2)s1.